The van der Waals surface area contributed by atoms with Crippen molar-refractivity contribution < 1.29 is 23.8 Å². The van der Waals surface area contributed by atoms with Crippen LogP contribution in [-0.2, 0) is 20.9 Å². The highest BCUT2D eigenvalue weighted by Gasteiger charge is 2.37. The maximum atomic E-state index is 13.3. The monoisotopic (exact) mass is 807 g/mol. The molecule has 7 rings (SSSR count). The number of hydrogen-bond donors (Lipinski definition) is 1. The van der Waals surface area contributed by atoms with Crippen LogP contribution in [0.3, 0.4) is 0 Å². The lowest BCUT2D eigenvalue weighted by atomic mass is 10.1. The van der Waals surface area contributed by atoms with Gasteiger partial charge in [-0.2, -0.15) is 0 Å². The lowest BCUT2D eigenvalue weighted by molar-refractivity contribution is 0.0199. The van der Waals surface area contributed by atoms with Gasteiger partial charge in [0.05, 0.1) is 52.6 Å². The molecule has 0 spiro atoms. The van der Waals surface area contributed by atoms with Crippen molar-refractivity contribution in [3.8, 4) is 33.9 Å². The number of nitrogens with zero attached hydrogens (tertiary/aromatic N) is 8. The molecule has 2 aliphatic rings. The highest BCUT2D eigenvalue weighted by Crippen LogP contribution is 2.36. The van der Waals surface area contributed by atoms with Crippen LogP contribution in [0, 0.1) is 0 Å². The standard InChI is InChI=1S/C43H57N9O5Si/c1-42(2,3)56-40(53)50-18-10-12-35(50)38-46-24-33(49-38)29-15-16-30(44-23-29)34-25-45-32-22-28(14-17-31(32)48-34)37-26-47-39(52(37)27-55-20-21-58(7,8)9)36-13-11-19-51(36)41(54)57-43(4,5)6/h14-17,22-26,35-36H,10-13,18-21,27H2,1-9H3,(H,46,49)/t35-,36-/m0/s1. The number of nitrogens with one attached hydrogen (secondary N) is 1. The van der Waals surface area contributed by atoms with Crippen molar-refractivity contribution in [3.63, 3.8) is 0 Å². The molecule has 2 fully saturated rings. The number of carbonyl (C=O) groups is 2. The average molecular weight is 808 g/mol. The Morgan fingerprint density at radius 2 is 1.43 bits per heavy atom. The zero-order valence-electron chi connectivity index (χ0n) is 35.3. The fraction of sp³-hybridized carbons (Fsp3) is 0.512. The van der Waals surface area contributed by atoms with E-state index < -0.39 is 19.3 Å². The molecule has 6 heterocycles. The van der Waals surface area contributed by atoms with Gasteiger partial charge in [0, 0.05) is 51.3 Å². The van der Waals surface area contributed by atoms with E-state index in [1.54, 1.807) is 22.2 Å². The van der Waals surface area contributed by atoms with Crippen LogP contribution in [0.1, 0.15) is 91.0 Å². The second-order valence-corrected chi connectivity index (χ2v) is 24.1. The van der Waals surface area contributed by atoms with Crippen LogP contribution < -0.4 is 0 Å². The number of ether oxygens (including phenoxy) is 3. The Labute approximate surface area is 341 Å². The summed E-state index contributed by atoms with van der Waals surface area (Å²) in [6.45, 7) is 20.5. The Bertz CT molecular complexity index is 2250. The highest BCUT2D eigenvalue weighted by atomic mass is 28.3. The van der Waals surface area contributed by atoms with Gasteiger partial charge < -0.3 is 23.8 Å². The Hall–Kier alpha value is -5.15. The van der Waals surface area contributed by atoms with E-state index in [0.29, 0.717) is 37.8 Å². The normalized spacial score (nSPS) is 17.7. The molecule has 2 amide bonds. The number of pyridine rings is 1. The summed E-state index contributed by atoms with van der Waals surface area (Å²) < 4.78 is 19.8. The summed E-state index contributed by atoms with van der Waals surface area (Å²) in [6, 6.07) is 10.6. The van der Waals surface area contributed by atoms with Gasteiger partial charge >= 0.3 is 12.2 Å². The van der Waals surface area contributed by atoms with Crippen LogP contribution in [0.5, 0.6) is 0 Å². The molecular weight excluding hydrogens is 751 g/mol. The summed E-state index contributed by atoms with van der Waals surface area (Å²) in [5.74, 6) is 1.52. The van der Waals surface area contributed by atoms with Crippen LogP contribution in [-0.4, -0.2) is 95.4 Å². The van der Waals surface area contributed by atoms with Crippen molar-refractivity contribution in [1.82, 2.24) is 44.3 Å². The SMILES string of the molecule is CC(C)(C)OC(=O)N1CCC[C@H]1c1nc(-c2ccc(-c3cnc4cc(-c5cnc([C@@H]6CCCN6C(=O)OC(C)(C)C)n5COCC[Si](C)(C)C)ccc4n3)nc2)c[nH]1. The lowest BCUT2D eigenvalue weighted by Crippen LogP contribution is -2.37. The van der Waals surface area contributed by atoms with Gasteiger partial charge in [-0.15, -0.1) is 0 Å². The fourth-order valence-corrected chi connectivity index (χ4v) is 8.12. The predicted molar refractivity (Wildman–Crippen MR) is 226 cm³/mol. The van der Waals surface area contributed by atoms with E-state index in [4.69, 9.17) is 39.1 Å². The molecule has 0 unspecified atom stereocenters. The first-order chi connectivity index (χ1) is 27.4. The van der Waals surface area contributed by atoms with Gasteiger partial charge in [0.1, 0.15) is 35.3 Å². The van der Waals surface area contributed by atoms with Crippen molar-refractivity contribution in [2.24, 2.45) is 0 Å². The summed E-state index contributed by atoms with van der Waals surface area (Å²) in [7, 11) is -1.30. The maximum Gasteiger partial charge on any atom is 0.410 e. The van der Waals surface area contributed by atoms with Crippen molar-refractivity contribution in [2.45, 2.75) is 123 Å². The summed E-state index contributed by atoms with van der Waals surface area (Å²) >= 11 is 0. The first-order valence-corrected chi connectivity index (χ1v) is 24.0. The van der Waals surface area contributed by atoms with Crippen LogP contribution >= 0.6 is 0 Å². The third-order valence-corrected chi connectivity index (χ3v) is 11.9. The minimum absolute atomic E-state index is 0.165. The Morgan fingerprint density at radius 1 is 0.759 bits per heavy atom. The lowest BCUT2D eigenvalue weighted by Gasteiger charge is -2.29. The Morgan fingerprint density at radius 3 is 2.09 bits per heavy atom. The number of likely N-dealkylation sites (tertiary alicyclic amines) is 2. The molecule has 58 heavy (non-hydrogen) atoms. The van der Waals surface area contributed by atoms with Gasteiger partial charge in [0.25, 0.3) is 0 Å². The van der Waals surface area contributed by atoms with E-state index in [0.717, 1.165) is 76.9 Å². The number of H-pyrrole nitrogens is 1. The van der Waals surface area contributed by atoms with E-state index in [9.17, 15) is 9.59 Å². The first-order valence-electron chi connectivity index (χ1n) is 20.3. The molecule has 2 saturated heterocycles. The zero-order valence-corrected chi connectivity index (χ0v) is 36.3. The number of fused-ring (bicyclic) bond motifs is 1. The maximum absolute atomic E-state index is 13.3. The molecule has 5 aromatic rings. The number of benzene rings is 1. The molecule has 1 N–H and O–H groups in total. The van der Waals surface area contributed by atoms with Gasteiger partial charge in [0.2, 0.25) is 0 Å². The Balaban J connectivity index is 1.10. The minimum atomic E-state index is -1.30. The second-order valence-electron chi connectivity index (χ2n) is 18.5. The van der Waals surface area contributed by atoms with E-state index in [1.165, 1.54) is 0 Å². The summed E-state index contributed by atoms with van der Waals surface area (Å²) in [4.78, 5) is 57.2. The van der Waals surface area contributed by atoms with Crippen molar-refractivity contribution in [3.05, 3.63) is 66.8 Å². The van der Waals surface area contributed by atoms with Gasteiger partial charge in [-0.25, -0.2) is 24.5 Å². The molecular formula is C43H57N9O5Si. The van der Waals surface area contributed by atoms with Gasteiger partial charge in [-0.1, -0.05) is 25.7 Å². The van der Waals surface area contributed by atoms with E-state index in [1.807, 2.05) is 84.3 Å². The topological polar surface area (TPSA) is 153 Å². The van der Waals surface area contributed by atoms with E-state index in [2.05, 4.69) is 29.2 Å². The molecule has 2 aliphatic heterocycles. The summed E-state index contributed by atoms with van der Waals surface area (Å²) in [6.07, 6.45) is 9.97. The van der Waals surface area contributed by atoms with Gasteiger partial charge in [-0.05, 0) is 97.5 Å². The van der Waals surface area contributed by atoms with Gasteiger partial charge in [0.15, 0.2) is 0 Å². The molecule has 4 aromatic heterocycles. The largest absolute Gasteiger partial charge is 0.444 e. The molecule has 0 aliphatic carbocycles. The minimum Gasteiger partial charge on any atom is -0.444 e. The van der Waals surface area contributed by atoms with E-state index in [-0.39, 0.29) is 24.3 Å². The summed E-state index contributed by atoms with van der Waals surface area (Å²) in [5.41, 5.74) is 5.06. The quantitative estimate of drug-likeness (QED) is 0.107. The number of aromatic amines is 1. The number of amides is 2. The molecule has 14 nitrogen and oxygen atoms in total. The molecule has 0 bridgehead atoms. The number of aromatic nitrogens is 7. The van der Waals surface area contributed by atoms with E-state index >= 15 is 0 Å². The van der Waals surface area contributed by atoms with Crippen molar-refractivity contribution in [1.29, 1.82) is 0 Å². The van der Waals surface area contributed by atoms with Crippen LogP contribution in [0.15, 0.2) is 55.1 Å². The molecule has 0 radical (unpaired) electrons. The van der Waals surface area contributed by atoms with Crippen LogP contribution in [0.2, 0.25) is 25.7 Å². The third kappa shape index (κ3) is 9.58. The van der Waals surface area contributed by atoms with Crippen LogP contribution in [0.25, 0.3) is 44.9 Å². The second kappa shape index (κ2) is 16.2. The molecule has 2 atom stereocenters. The van der Waals surface area contributed by atoms with Crippen molar-refractivity contribution in [2.75, 3.05) is 19.7 Å². The third-order valence-electron chi connectivity index (χ3n) is 10.2. The average Bonchev–Trinajstić information content (AvgIpc) is 3.98. The first kappa shape index (κ1) is 41.0. The molecule has 308 valence electrons. The number of rotatable bonds is 10. The molecule has 15 heteroatoms. The number of imidazole rings is 2. The Kier molecular flexibility index (Phi) is 11.5. The fourth-order valence-electron chi connectivity index (χ4n) is 7.37. The van der Waals surface area contributed by atoms with Gasteiger partial charge in [-0.3, -0.25) is 19.8 Å². The predicted octanol–water partition coefficient (Wildman–Crippen LogP) is 9.40. The number of hydrogen-bond acceptors (Lipinski definition) is 10. The smallest absolute Gasteiger partial charge is 0.410 e. The van der Waals surface area contributed by atoms with Crippen LogP contribution in [0.4, 0.5) is 9.59 Å². The van der Waals surface area contributed by atoms with Crippen molar-refractivity contribution >= 4 is 31.3 Å². The molecule has 0 saturated carbocycles. The molecule has 1 aromatic carbocycles. The summed E-state index contributed by atoms with van der Waals surface area (Å²) in [5, 5.41) is 0. The number of carbonyl (C=O) groups excluding carboxylic acids is 2. The highest BCUT2D eigenvalue weighted by molar-refractivity contribution is 6.76. The zero-order chi connectivity index (χ0) is 41.4.